The van der Waals surface area contributed by atoms with Crippen molar-refractivity contribution in [3.05, 3.63) is 0 Å². The zero-order valence-electron chi connectivity index (χ0n) is 14.4. The van der Waals surface area contributed by atoms with Crippen LogP contribution in [0, 0.1) is 23.7 Å². The molecule has 0 aromatic heterocycles. The molecule has 1 saturated carbocycles. The van der Waals surface area contributed by atoms with Crippen LogP contribution < -0.4 is 0 Å². The first-order valence-electron chi connectivity index (χ1n) is 8.83. The number of nitrogens with zero attached hydrogens (tertiary/aromatic N) is 1. The van der Waals surface area contributed by atoms with Crippen LogP contribution >= 0.6 is 0 Å². The Kier molecular flexibility index (Phi) is 3.67. The van der Waals surface area contributed by atoms with E-state index in [1.54, 1.807) is 0 Å². The van der Waals surface area contributed by atoms with Crippen LogP contribution in [-0.2, 0) is 28.8 Å². The maximum Gasteiger partial charge on any atom is 0.294 e. The summed E-state index contributed by atoms with van der Waals surface area (Å²) in [4.78, 5) is 36.9. The Morgan fingerprint density at radius 1 is 1.25 bits per heavy atom. The molecule has 1 aliphatic carbocycles. The number of hydrogen-bond acceptors (Lipinski definition) is 6. The second-order valence-corrected chi connectivity index (χ2v) is 7.92. The molecule has 5 rings (SSSR count). The van der Waals surface area contributed by atoms with Crippen LogP contribution in [0.3, 0.4) is 0 Å². The molecule has 4 aliphatic heterocycles. The van der Waals surface area contributed by atoms with Crippen LogP contribution in [0.2, 0.25) is 0 Å². The van der Waals surface area contributed by atoms with Crippen molar-refractivity contribution in [3.8, 4) is 0 Å². The van der Waals surface area contributed by atoms with Gasteiger partial charge in [0.25, 0.3) is 6.47 Å². The number of carbonyl (C=O) groups excluding carboxylic acids is 2. The molecule has 5 aliphatic rings. The van der Waals surface area contributed by atoms with E-state index in [9.17, 15) is 9.59 Å². The predicted molar refractivity (Wildman–Crippen MR) is 80.8 cm³/mol. The molecule has 7 nitrogen and oxygen atoms in total. The quantitative estimate of drug-likeness (QED) is 0.577. The van der Waals surface area contributed by atoms with Crippen molar-refractivity contribution in [3.63, 3.8) is 0 Å². The average molecular weight is 339 g/mol. The van der Waals surface area contributed by atoms with Gasteiger partial charge in [0.1, 0.15) is 0 Å². The van der Waals surface area contributed by atoms with Gasteiger partial charge in [0.05, 0.1) is 0 Å². The molecule has 1 spiro atoms. The van der Waals surface area contributed by atoms with Gasteiger partial charge in [-0.2, -0.15) is 0 Å². The first kappa shape index (κ1) is 16.3. The highest BCUT2D eigenvalue weighted by molar-refractivity contribution is 5.80. The number of carbonyl (C=O) groups is 2. The number of hydrogen-bond donors (Lipinski definition) is 0. The standard InChI is InChI=1S/C17H25NO6/c1-10-4-5-13-11(2)14(20)18(8-21-9-19)15-17(13)12(10)6-7-16(3,22-15)23-24-17/h9-13,15H,4-8H2,1-3H3/t10-,11-,12?,13?,15?,16-,17?/m1/s1. The monoisotopic (exact) mass is 339 g/mol. The maximum absolute atomic E-state index is 12.9. The number of piperidine rings is 1. The molecule has 5 fully saturated rings. The van der Waals surface area contributed by atoms with Gasteiger partial charge in [-0.15, -0.1) is 0 Å². The van der Waals surface area contributed by atoms with Gasteiger partial charge in [-0.1, -0.05) is 13.8 Å². The van der Waals surface area contributed by atoms with Crippen molar-refractivity contribution in [2.75, 3.05) is 6.73 Å². The van der Waals surface area contributed by atoms with E-state index in [4.69, 9.17) is 19.2 Å². The van der Waals surface area contributed by atoms with Gasteiger partial charge in [-0.3, -0.25) is 14.5 Å². The van der Waals surface area contributed by atoms with Crippen molar-refractivity contribution in [2.24, 2.45) is 23.7 Å². The lowest BCUT2D eigenvalue weighted by molar-refractivity contribution is -0.548. The molecule has 4 heterocycles. The minimum atomic E-state index is -0.877. The van der Waals surface area contributed by atoms with Gasteiger partial charge < -0.3 is 9.47 Å². The fraction of sp³-hybridized carbons (Fsp3) is 0.882. The summed E-state index contributed by atoms with van der Waals surface area (Å²) in [5, 5.41) is 0. The third-order valence-corrected chi connectivity index (χ3v) is 6.64. The van der Waals surface area contributed by atoms with Crippen molar-refractivity contribution >= 4 is 12.4 Å². The van der Waals surface area contributed by atoms with E-state index in [1.165, 1.54) is 4.90 Å². The van der Waals surface area contributed by atoms with Crippen LogP contribution in [0.25, 0.3) is 0 Å². The summed E-state index contributed by atoms with van der Waals surface area (Å²) in [5.41, 5.74) is -0.687. The smallest absolute Gasteiger partial charge is 0.294 e. The molecule has 2 bridgehead atoms. The number of fused-ring (bicyclic) bond motifs is 2. The molecule has 7 atom stereocenters. The summed E-state index contributed by atoms with van der Waals surface area (Å²) < 4.78 is 11.2. The molecule has 134 valence electrons. The molecule has 4 unspecified atom stereocenters. The van der Waals surface area contributed by atoms with E-state index in [1.807, 2.05) is 13.8 Å². The van der Waals surface area contributed by atoms with E-state index in [0.29, 0.717) is 12.4 Å². The Morgan fingerprint density at radius 3 is 2.79 bits per heavy atom. The number of ether oxygens (including phenoxy) is 2. The number of rotatable bonds is 3. The second kappa shape index (κ2) is 5.41. The Balaban J connectivity index is 1.82. The van der Waals surface area contributed by atoms with Gasteiger partial charge in [-0.25, -0.2) is 9.78 Å². The first-order valence-corrected chi connectivity index (χ1v) is 8.83. The van der Waals surface area contributed by atoms with E-state index < -0.39 is 17.6 Å². The Labute approximate surface area is 141 Å². The summed E-state index contributed by atoms with van der Waals surface area (Å²) in [6.07, 6.45) is 3.06. The van der Waals surface area contributed by atoms with Gasteiger partial charge in [0, 0.05) is 18.3 Å². The fourth-order valence-electron chi connectivity index (χ4n) is 5.40. The van der Waals surface area contributed by atoms with Crippen LogP contribution in [0.4, 0.5) is 0 Å². The highest BCUT2D eigenvalue weighted by Gasteiger charge is 2.70. The average Bonchev–Trinajstić information content (AvgIpc) is 2.79. The van der Waals surface area contributed by atoms with Crippen molar-refractivity contribution < 1.29 is 28.8 Å². The van der Waals surface area contributed by atoms with E-state index in [-0.39, 0.29) is 30.4 Å². The minimum absolute atomic E-state index is 0.0475. The normalized spacial score (nSPS) is 50.2. The Bertz CT molecular complexity index is 555. The van der Waals surface area contributed by atoms with Crippen LogP contribution in [0.15, 0.2) is 0 Å². The van der Waals surface area contributed by atoms with Crippen molar-refractivity contribution in [1.82, 2.24) is 4.90 Å². The molecular weight excluding hydrogens is 314 g/mol. The molecule has 0 aromatic carbocycles. The number of amides is 1. The molecule has 4 saturated heterocycles. The zero-order valence-corrected chi connectivity index (χ0v) is 14.4. The maximum atomic E-state index is 12.9. The molecule has 1 amide bonds. The molecule has 0 aromatic rings. The first-order chi connectivity index (χ1) is 11.4. The molecule has 0 radical (unpaired) electrons. The van der Waals surface area contributed by atoms with E-state index in [0.717, 1.165) is 25.7 Å². The summed E-state index contributed by atoms with van der Waals surface area (Å²) in [5.74, 6) is -0.388. The largest absolute Gasteiger partial charge is 0.446 e. The summed E-state index contributed by atoms with van der Waals surface area (Å²) in [7, 11) is 0. The highest BCUT2D eigenvalue weighted by Crippen LogP contribution is 2.60. The summed E-state index contributed by atoms with van der Waals surface area (Å²) >= 11 is 0. The van der Waals surface area contributed by atoms with Gasteiger partial charge >= 0.3 is 0 Å². The summed E-state index contributed by atoms with van der Waals surface area (Å²) in [6.45, 7) is 6.26. The third-order valence-electron chi connectivity index (χ3n) is 6.64. The predicted octanol–water partition coefficient (Wildman–Crippen LogP) is 1.81. The Morgan fingerprint density at radius 2 is 2.04 bits per heavy atom. The lowest BCUT2D eigenvalue weighted by Crippen LogP contribution is -2.75. The second-order valence-electron chi connectivity index (χ2n) is 7.92. The van der Waals surface area contributed by atoms with E-state index in [2.05, 4.69) is 6.92 Å². The van der Waals surface area contributed by atoms with Crippen LogP contribution in [0.5, 0.6) is 0 Å². The van der Waals surface area contributed by atoms with Crippen LogP contribution in [-0.4, -0.2) is 41.6 Å². The fourth-order valence-corrected chi connectivity index (χ4v) is 5.40. The molecule has 24 heavy (non-hydrogen) atoms. The van der Waals surface area contributed by atoms with Gasteiger partial charge in [0.2, 0.25) is 11.7 Å². The van der Waals surface area contributed by atoms with Crippen LogP contribution in [0.1, 0.15) is 46.5 Å². The number of likely N-dealkylation sites (tertiary alicyclic amines) is 1. The SMILES string of the molecule is C[C@@H]1CCC2[C@@H](C)C(=O)N(COC=O)C3O[C@@]4(C)CCC1C23OO4. The highest BCUT2D eigenvalue weighted by atomic mass is 17.3. The molecular formula is C17H25NO6. The van der Waals surface area contributed by atoms with Gasteiger partial charge in [-0.05, 0) is 38.0 Å². The molecule has 7 heteroatoms. The third kappa shape index (κ3) is 2.01. The lowest BCUT2D eigenvalue weighted by atomic mass is 9.57. The zero-order chi connectivity index (χ0) is 17.1. The summed E-state index contributed by atoms with van der Waals surface area (Å²) in [6, 6.07) is 0. The lowest BCUT2D eigenvalue weighted by Gasteiger charge is -2.61. The van der Waals surface area contributed by atoms with Crippen molar-refractivity contribution in [1.29, 1.82) is 0 Å². The molecule has 0 N–H and O–H groups in total. The Hall–Kier alpha value is -1.18. The van der Waals surface area contributed by atoms with Gasteiger partial charge in [0.15, 0.2) is 18.6 Å². The van der Waals surface area contributed by atoms with Crippen molar-refractivity contribution in [2.45, 2.75) is 64.1 Å². The topological polar surface area (TPSA) is 74.3 Å². The van der Waals surface area contributed by atoms with E-state index >= 15 is 0 Å². The minimum Gasteiger partial charge on any atom is -0.446 e.